The molecule has 2 heterocycles. The van der Waals surface area contributed by atoms with Crippen LogP contribution in [0.2, 0.25) is 0 Å². The van der Waals surface area contributed by atoms with Crippen molar-refractivity contribution in [3.8, 4) is 17.0 Å². The highest BCUT2D eigenvalue weighted by atomic mass is 32.2. The SMILES string of the molecule is Cc1c(-c2cc(C(C)(C)C)c(O)c(C(C)(C)C)c2)nc2n1CCS2. The maximum absolute atomic E-state index is 10.9. The van der Waals surface area contributed by atoms with Crippen LogP contribution in [0.15, 0.2) is 17.3 Å². The number of phenolic OH excluding ortho intramolecular Hbond substituents is 1. The first-order valence-electron chi connectivity index (χ1n) is 8.58. The molecule has 1 aliphatic rings. The van der Waals surface area contributed by atoms with E-state index < -0.39 is 0 Å². The van der Waals surface area contributed by atoms with Gasteiger partial charge in [-0.1, -0.05) is 53.3 Å². The van der Waals surface area contributed by atoms with Crippen molar-refractivity contribution >= 4 is 11.8 Å². The highest BCUT2D eigenvalue weighted by Crippen LogP contribution is 2.43. The van der Waals surface area contributed by atoms with E-state index in [0.29, 0.717) is 5.75 Å². The fourth-order valence-electron chi connectivity index (χ4n) is 3.30. The molecular weight excluding hydrogens is 316 g/mol. The predicted octanol–water partition coefficient (Wildman–Crippen LogP) is 5.26. The second kappa shape index (κ2) is 5.55. The van der Waals surface area contributed by atoms with Crippen LogP contribution in [-0.4, -0.2) is 20.4 Å². The van der Waals surface area contributed by atoms with Crippen LogP contribution < -0.4 is 0 Å². The standard InChI is InChI=1S/C20H28N2OS/c1-12-16(21-18-22(12)8-9-24-18)13-10-14(19(2,3)4)17(23)15(11-13)20(5,6)7/h10-11,23H,8-9H2,1-7H3. The van der Waals surface area contributed by atoms with Gasteiger partial charge in [0.1, 0.15) is 5.75 Å². The molecule has 24 heavy (non-hydrogen) atoms. The van der Waals surface area contributed by atoms with E-state index in [2.05, 4.69) is 65.2 Å². The smallest absolute Gasteiger partial charge is 0.168 e. The van der Waals surface area contributed by atoms with E-state index in [4.69, 9.17) is 4.98 Å². The van der Waals surface area contributed by atoms with Crippen molar-refractivity contribution in [1.82, 2.24) is 9.55 Å². The summed E-state index contributed by atoms with van der Waals surface area (Å²) in [6, 6.07) is 4.25. The molecule has 4 heteroatoms. The molecule has 130 valence electrons. The lowest BCUT2D eigenvalue weighted by Gasteiger charge is -2.28. The quantitative estimate of drug-likeness (QED) is 0.766. The van der Waals surface area contributed by atoms with Gasteiger partial charge in [-0.25, -0.2) is 4.98 Å². The zero-order chi connectivity index (χ0) is 17.9. The van der Waals surface area contributed by atoms with Crippen LogP contribution in [0.1, 0.15) is 58.4 Å². The van der Waals surface area contributed by atoms with Crippen LogP contribution in [0.5, 0.6) is 5.75 Å². The van der Waals surface area contributed by atoms with Gasteiger partial charge in [-0.3, -0.25) is 0 Å². The molecule has 0 aliphatic carbocycles. The first-order chi connectivity index (χ1) is 11.0. The molecule has 0 radical (unpaired) electrons. The minimum atomic E-state index is -0.120. The number of benzene rings is 1. The number of rotatable bonds is 1. The Hall–Kier alpha value is -1.42. The van der Waals surface area contributed by atoms with Crippen LogP contribution in [0.3, 0.4) is 0 Å². The lowest BCUT2D eigenvalue weighted by Crippen LogP contribution is -2.17. The van der Waals surface area contributed by atoms with E-state index in [1.54, 1.807) is 0 Å². The number of imidazole rings is 1. The average molecular weight is 345 g/mol. The van der Waals surface area contributed by atoms with Crippen molar-refractivity contribution in [2.45, 2.75) is 71.0 Å². The Bertz CT molecular complexity index is 756. The van der Waals surface area contributed by atoms with Crippen LogP contribution in [0.25, 0.3) is 11.3 Å². The van der Waals surface area contributed by atoms with Gasteiger partial charge < -0.3 is 9.67 Å². The number of aromatic hydroxyl groups is 1. The van der Waals surface area contributed by atoms with Gasteiger partial charge in [-0.2, -0.15) is 0 Å². The minimum absolute atomic E-state index is 0.120. The van der Waals surface area contributed by atoms with Crippen LogP contribution in [0.4, 0.5) is 0 Å². The monoisotopic (exact) mass is 344 g/mol. The summed E-state index contributed by atoms with van der Waals surface area (Å²) in [6.45, 7) is 16.1. The zero-order valence-electron chi connectivity index (χ0n) is 15.8. The molecule has 0 spiro atoms. The molecule has 0 amide bonds. The molecule has 0 atom stereocenters. The third kappa shape index (κ3) is 2.85. The molecule has 0 saturated heterocycles. The minimum Gasteiger partial charge on any atom is -0.507 e. The van der Waals surface area contributed by atoms with Crippen LogP contribution >= 0.6 is 11.8 Å². The molecule has 3 nitrogen and oxygen atoms in total. The van der Waals surface area contributed by atoms with Crippen molar-refractivity contribution in [2.24, 2.45) is 0 Å². The Morgan fingerprint density at radius 2 is 1.58 bits per heavy atom. The number of thioether (sulfide) groups is 1. The highest BCUT2D eigenvalue weighted by Gasteiger charge is 2.28. The molecule has 3 rings (SSSR count). The number of hydrogen-bond donors (Lipinski definition) is 1. The van der Waals surface area contributed by atoms with Gasteiger partial charge in [0.15, 0.2) is 5.16 Å². The van der Waals surface area contributed by atoms with Crippen molar-refractivity contribution in [3.63, 3.8) is 0 Å². The summed E-state index contributed by atoms with van der Waals surface area (Å²) in [6.07, 6.45) is 0. The molecule has 2 aromatic rings. The molecule has 0 bridgehead atoms. The second-order valence-corrected chi connectivity index (χ2v) is 9.81. The van der Waals surface area contributed by atoms with Gasteiger partial charge in [-0.15, -0.1) is 0 Å². The van der Waals surface area contributed by atoms with Crippen molar-refractivity contribution in [1.29, 1.82) is 0 Å². The van der Waals surface area contributed by atoms with Gasteiger partial charge in [-0.05, 0) is 29.9 Å². The van der Waals surface area contributed by atoms with E-state index in [1.165, 1.54) is 5.69 Å². The summed E-state index contributed by atoms with van der Waals surface area (Å²) < 4.78 is 2.31. The van der Waals surface area contributed by atoms with Crippen LogP contribution in [-0.2, 0) is 17.4 Å². The van der Waals surface area contributed by atoms with E-state index in [-0.39, 0.29) is 10.8 Å². The van der Waals surface area contributed by atoms with Gasteiger partial charge in [0, 0.05) is 34.7 Å². The van der Waals surface area contributed by atoms with Gasteiger partial charge in [0.2, 0.25) is 0 Å². The average Bonchev–Trinajstić information content (AvgIpc) is 3.00. The Kier molecular flexibility index (Phi) is 4.03. The fourth-order valence-corrected chi connectivity index (χ4v) is 4.29. The van der Waals surface area contributed by atoms with E-state index in [1.807, 2.05) is 11.8 Å². The first kappa shape index (κ1) is 17.4. The molecular formula is C20H28N2OS. The third-order valence-electron chi connectivity index (χ3n) is 4.73. The number of hydrogen-bond acceptors (Lipinski definition) is 3. The maximum Gasteiger partial charge on any atom is 0.168 e. The van der Waals surface area contributed by atoms with Crippen molar-refractivity contribution in [3.05, 3.63) is 29.0 Å². The number of aromatic nitrogens is 2. The first-order valence-corrected chi connectivity index (χ1v) is 9.57. The molecule has 1 N–H and O–H groups in total. The van der Waals surface area contributed by atoms with Crippen molar-refractivity contribution in [2.75, 3.05) is 5.75 Å². The Balaban J connectivity index is 2.26. The summed E-state index contributed by atoms with van der Waals surface area (Å²) in [5.74, 6) is 1.54. The summed E-state index contributed by atoms with van der Waals surface area (Å²) >= 11 is 1.82. The highest BCUT2D eigenvalue weighted by molar-refractivity contribution is 7.99. The topological polar surface area (TPSA) is 38.1 Å². The third-order valence-corrected chi connectivity index (χ3v) is 5.69. The number of nitrogens with zero attached hydrogens (tertiary/aromatic N) is 2. The predicted molar refractivity (Wildman–Crippen MR) is 102 cm³/mol. The molecule has 0 saturated carbocycles. The number of phenols is 1. The van der Waals surface area contributed by atoms with E-state index >= 15 is 0 Å². The summed E-state index contributed by atoms with van der Waals surface area (Å²) in [5, 5.41) is 12.0. The molecule has 0 fully saturated rings. The molecule has 1 aromatic carbocycles. The Labute approximate surface area is 149 Å². The number of fused-ring (bicyclic) bond motifs is 1. The second-order valence-electron chi connectivity index (χ2n) is 8.75. The normalized spacial score (nSPS) is 15.0. The van der Waals surface area contributed by atoms with Gasteiger partial charge in [0.25, 0.3) is 0 Å². The zero-order valence-corrected chi connectivity index (χ0v) is 16.6. The Morgan fingerprint density at radius 3 is 2.04 bits per heavy atom. The van der Waals surface area contributed by atoms with E-state index in [0.717, 1.165) is 39.8 Å². The largest absolute Gasteiger partial charge is 0.507 e. The lowest BCUT2D eigenvalue weighted by atomic mass is 9.78. The maximum atomic E-state index is 10.9. The van der Waals surface area contributed by atoms with Gasteiger partial charge >= 0.3 is 0 Å². The summed E-state index contributed by atoms with van der Waals surface area (Å²) in [7, 11) is 0. The molecule has 1 aromatic heterocycles. The molecule has 1 aliphatic heterocycles. The molecule has 0 unspecified atom stereocenters. The fraction of sp³-hybridized carbons (Fsp3) is 0.550. The van der Waals surface area contributed by atoms with Crippen molar-refractivity contribution < 1.29 is 5.11 Å². The van der Waals surface area contributed by atoms with Crippen LogP contribution in [0, 0.1) is 6.92 Å². The summed E-state index contributed by atoms with van der Waals surface area (Å²) in [5.41, 5.74) is 5.13. The van der Waals surface area contributed by atoms with Gasteiger partial charge in [0.05, 0.1) is 5.69 Å². The summed E-state index contributed by atoms with van der Waals surface area (Å²) in [4.78, 5) is 4.88. The van der Waals surface area contributed by atoms with E-state index in [9.17, 15) is 5.11 Å². The Morgan fingerprint density at radius 1 is 1.04 bits per heavy atom. The lowest BCUT2D eigenvalue weighted by molar-refractivity contribution is 0.423.